The fraction of sp³-hybridized carbons (Fsp3) is 0.0714. The van der Waals surface area contributed by atoms with Crippen LogP contribution in [0.2, 0.25) is 0 Å². The van der Waals surface area contributed by atoms with Crippen molar-refractivity contribution in [3.8, 4) is 11.5 Å². The Morgan fingerprint density at radius 1 is 1.05 bits per heavy atom. The maximum atomic E-state index is 12.9. The third kappa shape index (κ3) is 3.42. The van der Waals surface area contributed by atoms with Gasteiger partial charge in [0, 0.05) is 3.57 Å². The average Bonchev–Trinajstić information content (AvgIpc) is 2.40. The number of rotatable bonds is 2. The van der Waals surface area contributed by atoms with Crippen molar-refractivity contribution in [1.82, 2.24) is 0 Å². The van der Waals surface area contributed by atoms with E-state index in [0.717, 1.165) is 15.7 Å². The molecular weight excluding hydrogens is 382 g/mol. The molecule has 0 aliphatic rings. The molecule has 2 nitrogen and oxygen atoms in total. The van der Waals surface area contributed by atoms with E-state index in [-0.39, 0.29) is 11.4 Å². The third-order valence-corrected chi connectivity index (χ3v) is 3.16. The third-order valence-electron chi connectivity index (χ3n) is 2.44. The summed E-state index contributed by atoms with van der Waals surface area (Å²) in [6.45, 7) is 6.78. The Labute approximate surface area is 127 Å². The first-order valence-corrected chi connectivity index (χ1v) is 6.50. The van der Waals surface area contributed by atoms with E-state index < -0.39 is 11.7 Å². The largest absolute Gasteiger partial charge is 0.457 e. The van der Waals surface area contributed by atoms with E-state index in [0.29, 0.717) is 5.75 Å². The van der Waals surface area contributed by atoms with Crippen molar-refractivity contribution in [3.05, 3.63) is 63.0 Å². The number of hydrogen-bond donors (Lipinski definition) is 0. The molecule has 20 heavy (non-hydrogen) atoms. The lowest BCUT2D eigenvalue weighted by atomic mass is 10.1. The Hall–Kier alpha value is -1.75. The SMILES string of the molecule is [C-]#[N+]c1ccc(Oc2ccc(I)cc2)c(C(F)(F)F)c1. The second kappa shape index (κ2) is 5.71. The van der Waals surface area contributed by atoms with Crippen LogP contribution in [0, 0.1) is 10.1 Å². The Morgan fingerprint density at radius 2 is 1.70 bits per heavy atom. The quantitative estimate of drug-likeness (QED) is 0.478. The van der Waals surface area contributed by atoms with Gasteiger partial charge in [0.2, 0.25) is 0 Å². The Morgan fingerprint density at radius 3 is 2.25 bits per heavy atom. The topological polar surface area (TPSA) is 13.6 Å². The lowest BCUT2D eigenvalue weighted by molar-refractivity contribution is -0.138. The van der Waals surface area contributed by atoms with Gasteiger partial charge >= 0.3 is 6.18 Å². The summed E-state index contributed by atoms with van der Waals surface area (Å²) in [5, 5.41) is 0. The lowest BCUT2D eigenvalue weighted by Crippen LogP contribution is -2.06. The number of hydrogen-bond acceptors (Lipinski definition) is 1. The molecule has 0 unspecified atom stereocenters. The molecule has 0 heterocycles. The number of ether oxygens (including phenoxy) is 1. The van der Waals surface area contributed by atoms with Crippen LogP contribution in [0.3, 0.4) is 0 Å². The molecule has 0 N–H and O–H groups in total. The van der Waals surface area contributed by atoms with E-state index in [1.807, 2.05) is 0 Å². The fourth-order valence-corrected chi connectivity index (χ4v) is 1.89. The first kappa shape index (κ1) is 14.7. The van der Waals surface area contributed by atoms with Gasteiger partial charge in [0.25, 0.3) is 0 Å². The van der Waals surface area contributed by atoms with Crippen molar-refractivity contribution in [1.29, 1.82) is 0 Å². The van der Waals surface area contributed by atoms with Crippen LogP contribution in [0.5, 0.6) is 11.5 Å². The fourth-order valence-electron chi connectivity index (χ4n) is 1.53. The molecule has 0 bridgehead atoms. The Balaban J connectivity index is 2.41. The van der Waals surface area contributed by atoms with Gasteiger partial charge in [0.15, 0.2) is 5.69 Å². The van der Waals surface area contributed by atoms with E-state index in [9.17, 15) is 13.2 Å². The number of benzene rings is 2. The molecular formula is C14H7F3INO. The van der Waals surface area contributed by atoms with Gasteiger partial charge in [-0.2, -0.15) is 13.2 Å². The maximum Gasteiger partial charge on any atom is 0.418 e. The van der Waals surface area contributed by atoms with Crippen LogP contribution >= 0.6 is 22.6 Å². The monoisotopic (exact) mass is 389 g/mol. The van der Waals surface area contributed by atoms with Crippen LogP contribution in [0.1, 0.15) is 5.56 Å². The van der Waals surface area contributed by atoms with Crippen molar-refractivity contribution in [2.45, 2.75) is 6.18 Å². The lowest BCUT2D eigenvalue weighted by Gasteiger charge is -2.14. The van der Waals surface area contributed by atoms with Gasteiger partial charge in [-0.05, 0) is 59.0 Å². The van der Waals surface area contributed by atoms with Crippen LogP contribution < -0.4 is 4.74 Å². The van der Waals surface area contributed by atoms with Gasteiger partial charge in [-0.1, -0.05) is 6.07 Å². The molecule has 0 atom stereocenters. The highest BCUT2D eigenvalue weighted by Crippen LogP contribution is 2.40. The molecule has 6 heteroatoms. The summed E-state index contributed by atoms with van der Waals surface area (Å²) in [6, 6.07) is 9.89. The molecule has 0 aliphatic heterocycles. The maximum absolute atomic E-state index is 12.9. The highest BCUT2D eigenvalue weighted by Gasteiger charge is 2.34. The molecule has 102 valence electrons. The normalized spacial score (nSPS) is 10.9. The Bertz CT molecular complexity index is 660. The summed E-state index contributed by atoms with van der Waals surface area (Å²) < 4.78 is 45.1. The van der Waals surface area contributed by atoms with E-state index >= 15 is 0 Å². The first-order chi connectivity index (χ1) is 9.40. The van der Waals surface area contributed by atoms with Crippen LogP contribution in [0.15, 0.2) is 42.5 Å². The van der Waals surface area contributed by atoms with Crippen molar-refractivity contribution >= 4 is 28.3 Å². The predicted octanol–water partition coefficient (Wildman–Crippen LogP) is 5.65. The molecule has 0 spiro atoms. The van der Waals surface area contributed by atoms with Gasteiger partial charge < -0.3 is 4.74 Å². The first-order valence-electron chi connectivity index (χ1n) is 5.42. The minimum atomic E-state index is -4.57. The van der Waals surface area contributed by atoms with Crippen LogP contribution in [-0.2, 0) is 6.18 Å². The molecule has 0 amide bonds. The van der Waals surface area contributed by atoms with Gasteiger partial charge in [-0.15, -0.1) is 0 Å². The summed E-state index contributed by atoms with van der Waals surface area (Å²) in [4.78, 5) is 3.00. The summed E-state index contributed by atoms with van der Waals surface area (Å²) in [6.07, 6.45) is -4.57. The molecule has 2 rings (SSSR count). The van der Waals surface area contributed by atoms with E-state index in [4.69, 9.17) is 11.3 Å². The van der Waals surface area contributed by atoms with Gasteiger partial charge in [-0.25, -0.2) is 4.85 Å². The zero-order chi connectivity index (χ0) is 14.8. The van der Waals surface area contributed by atoms with E-state index in [1.54, 1.807) is 24.3 Å². The number of halogens is 4. The number of alkyl halides is 3. The summed E-state index contributed by atoms with van der Waals surface area (Å²) in [7, 11) is 0. The van der Waals surface area contributed by atoms with Crippen molar-refractivity contribution in [2.75, 3.05) is 0 Å². The molecule has 0 fully saturated rings. The highest BCUT2D eigenvalue weighted by atomic mass is 127. The van der Waals surface area contributed by atoms with Crippen molar-refractivity contribution in [3.63, 3.8) is 0 Å². The summed E-state index contributed by atoms with van der Waals surface area (Å²) >= 11 is 2.09. The zero-order valence-corrected chi connectivity index (χ0v) is 12.1. The van der Waals surface area contributed by atoms with Gasteiger partial charge in [-0.3, -0.25) is 0 Å². The summed E-state index contributed by atoms with van der Waals surface area (Å²) in [5.74, 6) is -0.00223. The van der Waals surface area contributed by atoms with Crippen LogP contribution in [0.4, 0.5) is 18.9 Å². The molecule has 0 radical (unpaired) electrons. The van der Waals surface area contributed by atoms with Crippen molar-refractivity contribution in [2.24, 2.45) is 0 Å². The number of nitrogens with zero attached hydrogens (tertiary/aromatic N) is 1. The minimum absolute atomic E-state index is 0.0766. The second-order valence-corrected chi connectivity index (χ2v) is 5.09. The molecule has 0 aliphatic carbocycles. The van der Waals surface area contributed by atoms with Gasteiger partial charge in [0.1, 0.15) is 11.5 Å². The highest BCUT2D eigenvalue weighted by molar-refractivity contribution is 14.1. The van der Waals surface area contributed by atoms with Gasteiger partial charge in [0.05, 0.1) is 12.1 Å². The second-order valence-electron chi connectivity index (χ2n) is 3.85. The molecule has 0 saturated carbocycles. The average molecular weight is 389 g/mol. The standard InChI is InChI=1S/C14H7F3INO/c1-19-10-4-7-13(12(8-10)14(15,16)17)20-11-5-2-9(18)3-6-11/h2-8H. The smallest absolute Gasteiger partial charge is 0.418 e. The summed E-state index contributed by atoms with van der Waals surface area (Å²) in [5.41, 5.74) is -1.03. The molecule has 0 saturated heterocycles. The predicted molar refractivity (Wildman–Crippen MR) is 76.9 cm³/mol. The molecule has 2 aromatic rings. The molecule has 0 aromatic heterocycles. The van der Waals surface area contributed by atoms with E-state index in [1.165, 1.54) is 6.07 Å². The zero-order valence-electron chi connectivity index (χ0n) is 9.91. The Kier molecular flexibility index (Phi) is 4.18. The minimum Gasteiger partial charge on any atom is -0.457 e. The van der Waals surface area contributed by atoms with Crippen LogP contribution in [0.25, 0.3) is 4.85 Å². The van der Waals surface area contributed by atoms with Crippen molar-refractivity contribution < 1.29 is 17.9 Å². The molecule has 2 aromatic carbocycles. The van der Waals surface area contributed by atoms with Crippen LogP contribution in [-0.4, -0.2) is 0 Å². The van der Waals surface area contributed by atoms with E-state index in [2.05, 4.69) is 27.4 Å².